The van der Waals surface area contributed by atoms with Gasteiger partial charge in [0.1, 0.15) is 5.75 Å². The summed E-state index contributed by atoms with van der Waals surface area (Å²) in [7, 11) is 1.67. The molecular weight excluding hydrogens is 263 g/mol. The molecule has 0 radical (unpaired) electrons. The van der Waals surface area contributed by atoms with Gasteiger partial charge in [0.2, 0.25) is 0 Å². The number of rotatable bonds is 2. The maximum Gasteiger partial charge on any atom is 0.573 e. The Morgan fingerprint density at radius 3 is 2.43 bits per heavy atom. The van der Waals surface area contributed by atoms with Gasteiger partial charge in [0.25, 0.3) is 0 Å². The summed E-state index contributed by atoms with van der Waals surface area (Å²) in [5.74, 6) is -0.247. The molecule has 1 aromatic carbocycles. The smallest absolute Gasteiger partial charge is 0.406 e. The van der Waals surface area contributed by atoms with Gasteiger partial charge in [0, 0.05) is 17.2 Å². The Balaban J connectivity index is 2.87. The lowest BCUT2D eigenvalue weighted by Gasteiger charge is -2.10. The number of hydrogen-bond acceptors (Lipinski definition) is 2. The summed E-state index contributed by atoms with van der Waals surface area (Å²) < 4.78 is 39.6. The number of benzene rings is 1. The van der Waals surface area contributed by atoms with Gasteiger partial charge in [-0.05, 0) is 34.1 Å². The van der Waals surface area contributed by atoms with Crippen molar-refractivity contribution in [3.63, 3.8) is 0 Å². The summed E-state index contributed by atoms with van der Waals surface area (Å²) in [5, 5.41) is 2.80. The van der Waals surface area contributed by atoms with Gasteiger partial charge in [-0.1, -0.05) is 0 Å². The van der Waals surface area contributed by atoms with Gasteiger partial charge in [0.15, 0.2) is 0 Å². The number of ether oxygens (including phenoxy) is 1. The molecule has 0 bridgehead atoms. The summed E-state index contributed by atoms with van der Waals surface area (Å²) >= 11 is 3.10. The highest BCUT2D eigenvalue weighted by Gasteiger charge is 2.31. The molecule has 0 amide bonds. The Kier molecular flexibility index (Phi) is 3.25. The molecule has 0 saturated carbocycles. The summed E-state index contributed by atoms with van der Waals surface area (Å²) in [6.45, 7) is 0. The molecule has 0 aliphatic rings. The molecule has 0 aliphatic carbocycles. The Bertz CT molecular complexity index is 327. The predicted molar refractivity (Wildman–Crippen MR) is 50.4 cm³/mol. The van der Waals surface area contributed by atoms with Crippen LogP contribution in [-0.2, 0) is 0 Å². The molecule has 0 aromatic heterocycles. The maximum absolute atomic E-state index is 11.8. The van der Waals surface area contributed by atoms with Crippen LogP contribution in [0.5, 0.6) is 5.75 Å². The summed E-state index contributed by atoms with van der Waals surface area (Å²) in [6, 6.07) is 3.98. The Morgan fingerprint density at radius 2 is 2.00 bits per heavy atom. The Labute approximate surface area is 87.2 Å². The molecule has 0 unspecified atom stereocenters. The average Bonchev–Trinajstić information content (AvgIpc) is 2.01. The quantitative estimate of drug-likeness (QED) is 0.889. The highest BCUT2D eigenvalue weighted by molar-refractivity contribution is 9.10. The molecule has 0 atom stereocenters. The molecule has 78 valence electrons. The number of anilines is 1. The highest BCUT2D eigenvalue weighted by Crippen LogP contribution is 2.30. The molecule has 0 fully saturated rings. The van der Waals surface area contributed by atoms with Crippen LogP contribution < -0.4 is 10.1 Å². The Morgan fingerprint density at radius 1 is 1.36 bits per heavy atom. The van der Waals surface area contributed by atoms with Crippen LogP contribution in [0.1, 0.15) is 0 Å². The zero-order valence-corrected chi connectivity index (χ0v) is 8.74. The minimum Gasteiger partial charge on any atom is -0.406 e. The lowest BCUT2D eigenvalue weighted by atomic mass is 10.3. The first kappa shape index (κ1) is 11.2. The molecule has 0 aliphatic heterocycles. The molecule has 0 heterocycles. The first-order valence-corrected chi connectivity index (χ1v) is 4.45. The molecule has 6 heteroatoms. The standard InChI is InChI=1S/C8H7BrF3NO/c1-13-7-3-2-5(4-6(7)9)14-8(10,11)12/h2-4,13H,1H3. The van der Waals surface area contributed by atoms with E-state index in [1.165, 1.54) is 18.2 Å². The maximum atomic E-state index is 11.8. The van der Waals surface area contributed by atoms with Crippen LogP contribution in [0.3, 0.4) is 0 Å². The average molecular weight is 270 g/mol. The van der Waals surface area contributed by atoms with Crippen molar-refractivity contribution in [3.05, 3.63) is 22.7 Å². The van der Waals surface area contributed by atoms with E-state index in [0.29, 0.717) is 10.2 Å². The molecule has 1 aromatic rings. The Hall–Kier alpha value is -0.910. The second kappa shape index (κ2) is 4.08. The van der Waals surface area contributed by atoms with Crippen molar-refractivity contribution in [2.75, 3.05) is 12.4 Å². The third-order valence-electron chi connectivity index (χ3n) is 1.44. The summed E-state index contributed by atoms with van der Waals surface area (Å²) in [6.07, 6.45) is -4.65. The molecule has 1 rings (SSSR count). The van der Waals surface area contributed by atoms with Crippen LogP contribution >= 0.6 is 15.9 Å². The lowest BCUT2D eigenvalue weighted by Crippen LogP contribution is -2.17. The van der Waals surface area contributed by atoms with Gasteiger partial charge < -0.3 is 10.1 Å². The third-order valence-corrected chi connectivity index (χ3v) is 2.10. The number of alkyl halides is 3. The van der Waals surface area contributed by atoms with E-state index in [2.05, 4.69) is 26.0 Å². The van der Waals surface area contributed by atoms with Crippen molar-refractivity contribution in [2.45, 2.75) is 6.36 Å². The normalized spacial score (nSPS) is 11.2. The number of hydrogen-bond donors (Lipinski definition) is 1. The van der Waals surface area contributed by atoms with Crippen LogP contribution in [0.2, 0.25) is 0 Å². The molecular formula is C8H7BrF3NO. The van der Waals surface area contributed by atoms with Crippen LogP contribution in [0.4, 0.5) is 18.9 Å². The van der Waals surface area contributed by atoms with Crippen molar-refractivity contribution in [3.8, 4) is 5.75 Å². The largest absolute Gasteiger partial charge is 0.573 e. The highest BCUT2D eigenvalue weighted by atomic mass is 79.9. The topological polar surface area (TPSA) is 21.3 Å². The fourth-order valence-corrected chi connectivity index (χ4v) is 1.45. The van der Waals surface area contributed by atoms with Crippen molar-refractivity contribution < 1.29 is 17.9 Å². The van der Waals surface area contributed by atoms with Gasteiger partial charge >= 0.3 is 6.36 Å². The van der Waals surface area contributed by atoms with E-state index in [9.17, 15) is 13.2 Å². The van der Waals surface area contributed by atoms with Gasteiger partial charge in [-0.15, -0.1) is 13.2 Å². The number of nitrogens with one attached hydrogen (secondary N) is 1. The van der Waals surface area contributed by atoms with E-state index in [-0.39, 0.29) is 5.75 Å². The van der Waals surface area contributed by atoms with Gasteiger partial charge in [-0.3, -0.25) is 0 Å². The van der Waals surface area contributed by atoms with Crippen molar-refractivity contribution in [1.82, 2.24) is 0 Å². The van der Waals surface area contributed by atoms with Gasteiger partial charge in [-0.25, -0.2) is 0 Å². The summed E-state index contributed by atoms with van der Waals surface area (Å²) in [4.78, 5) is 0. The number of halogens is 4. The predicted octanol–water partition coefficient (Wildman–Crippen LogP) is 3.39. The SMILES string of the molecule is CNc1ccc(OC(F)(F)F)cc1Br. The molecule has 2 nitrogen and oxygen atoms in total. The summed E-state index contributed by atoms with van der Waals surface area (Å²) in [5.41, 5.74) is 0.694. The minimum atomic E-state index is -4.65. The van der Waals surface area contributed by atoms with Crippen molar-refractivity contribution >= 4 is 21.6 Å². The first-order chi connectivity index (χ1) is 6.42. The minimum absolute atomic E-state index is 0.247. The molecule has 14 heavy (non-hydrogen) atoms. The van der Waals surface area contributed by atoms with Crippen molar-refractivity contribution in [1.29, 1.82) is 0 Å². The van der Waals surface area contributed by atoms with E-state index in [4.69, 9.17) is 0 Å². The molecule has 1 N–H and O–H groups in total. The van der Waals surface area contributed by atoms with E-state index < -0.39 is 6.36 Å². The third kappa shape index (κ3) is 3.10. The van der Waals surface area contributed by atoms with Crippen LogP contribution in [0.15, 0.2) is 22.7 Å². The van der Waals surface area contributed by atoms with Crippen LogP contribution in [0, 0.1) is 0 Å². The zero-order chi connectivity index (χ0) is 10.8. The van der Waals surface area contributed by atoms with E-state index in [0.717, 1.165) is 0 Å². The van der Waals surface area contributed by atoms with Crippen molar-refractivity contribution in [2.24, 2.45) is 0 Å². The van der Waals surface area contributed by atoms with Crippen LogP contribution in [0.25, 0.3) is 0 Å². The zero-order valence-electron chi connectivity index (χ0n) is 7.15. The lowest BCUT2D eigenvalue weighted by molar-refractivity contribution is -0.274. The van der Waals surface area contributed by atoms with E-state index in [1.54, 1.807) is 7.05 Å². The monoisotopic (exact) mass is 269 g/mol. The molecule has 0 spiro atoms. The van der Waals surface area contributed by atoms with Gasteiger partial charge in [-0.2, -0.15) is 0 Å². The van der Waals surface area contributed by atoms with E-state index >= 15 is 0 Å². The first-order valence-electron chi connectivity index (χ1n) is 3.65. The van der Waals surface area contributed by atoms with Gasteiger partial charge in [0.05, 0.1) is 0 Å². The second-order valence-corrected chi connectivity index (χ2v) is 3.29. The fraction of sp³-hybridized carbons (Fsp3) is 0.250. The second-order valence-electron chi connectivity index (χ2n) is 2.44. The molecule has 0 saturated heterocycles. The fourth-order valence-electron chi connectivity index (χ4n) is 0.896. The van der Waals surface area contributed by atoms with E-state index in [1.807, 2.05) is 0 Å². The van der Waals surface area contributed by atoms with Crippen LogP contribution in [-0.4, -0.2) is 13.4 Å².